The molecule has 3 heteroatoms. The molecule has 3 nitrogen and oxygen atoms in total. The Morgan fingerprint density at radius 3 is 2.74 bits per heavy atom. The van der Waals surface area contributed by atoms with E-state index < -0.39 is 0 Å². The zero-order chi connectivity index (χ0) is 13.1. The minimum Gasteiger partial charge on any atom is -0.378 e. The number of aromatic nitrogens is 2. The minimum absolute atomic E-state index is 0.208. The van der Waals surface area contributed by atoms with Gasteiger partial charge in [-0.2, -0.15) is 0 Å². The molecule has 2 aromatic heterocycles. The van der Waals surface area contributed by atoms with Gasteiger partial charge in [-0.05, 0) is 42.8 Å². The van der Waals surface area contributed by atoms with Gasteiger partial charge in [0.15, 0.2) is 0 Å². The molecule has 3 aromatic rings. The molecule has 1 aromatic carbocycles. The molecule has 94 valence electrons. The number of anilines is 1. The normalized spacial score (nSPS) is 12.3. The summed E-state index contributed by atoms with van der Waals surface area (Å²) in [5.74, 6) is 0. The highest BCUT2D eigenvalue weighted by molar-refractivity contribution is 5.91. The molecule has 0 fully saturated rings. The Hall–Kier alpha value is -2.42. The summed E-state index contributed by atoms with van der Waals surface area (Å²) >= 11 is 0. The number of hydrogen-bond donors (Lipinski definition) is 1. The molecule has 2 heterocycles. The number of fused-ring (bicyclic) bond motifs is 1. The summed E-state index contributed by atoms with van der Waals surface area (Å²) in [6.45, 7) is 2.13. The van der Waals surface area contributed by atoms with Crippen molar-refractivity contribution in [3.63, 3.8) is 0 Å². The number of nitrogens with one attached hydrogen (secondary N) is 1. The van der Waals surface area contributed by atoms with E-state index in [2.05, 4.69) is 40.4 Å². The van der Waals surface area contributed by atoms with Crippen LogP contribution in [0.4, 0.5) is 5.69 Å². The average molecular weight is 249 g/mol. The molecule has 0 bridgehead atoms. The summed E-state index contributed by atoms with van der Waals surface area (Å²) < 4.78 is 0. The molecule has 0 amide bonds. The van der Waals surface area contributed by atoms with Crippen LogP contribution in [0.3, 0.4) is 0 Å². The van der Waals surface area contributed by atoms with Gasteiger partial charge in [-0.25, -0.2) is 0 Å². The van der Waals surface area contributed by atoms with Crippen molar-refractivity contribution in [3.05, 3.63) is 66.6 Å². The molecule has 1 N–H and O–H groups in total. The molecule has 1 atom stereocenters. The maximum absolute atomic E-state index is 4.37. The second-order valence-corrected chi connectivity index (χ2v) is 4.53. The number of benzene rings is 1. The summed E-state index contributed by atoms with van der Waals surface area (Å²) in [6.07, 6.45) is 5.50. The lowest BCUT2D eigenvalue weighted by atomic mass is 10.1. The van der Waals surface area contributed by atoms with E-state index in [1.165, 1.54) is 5.56 Å². The van der Waals surface area contributed by atoms with Crippen LogP contribution >= 0.6 is 0 Å². The number of nitrogens with zero attached hydrogens (tertiary/aromatic N) is 2. The molecule has 0 radical (unpaired) electrons. The monoisotopic (exact) mass is 249 g/mol. The molecule has 0 aliphatic heterocycles. The first-order valence-corrected chi connectivity index (χ1v) is 6.35. The summed E-state index contributed by atoms with van der Waals surface area (Å²) in [5.41, 5.74) is 3.27. The van der Waals surface area contributed by atoms with Gasteiger partial charge in [0, 0.05) is 29.7 Å². The molecule has 19 heavy (non-hydrogen) atoms. The van der Waals surface area contributed by atoms with Gasteiger partial charge in [0.2, 0.25) is 0 Å². The van der Waals surface area contributed by atoms with Gasteiger partial charge >= 0.3 is 0 Å². The molecular formula is C16H15N3. The van der Waals surface area contributed by atoms with Gasteiger partial charge in [0.1, 0.15) is 0 Å². The third kappa shape index (κ3) is 2.40. The average Bonchev–Trinajstić information content (AvgIpc) is 2.48. The van der Waals surface area contributed by atoms with Crippen LogP contribution in [0.15, 0.2) is 61.1 Å². The third-order valence-electron chi connectivity index (χ3n) is 3.20. The highest BCUT2D eigenvalue weighted by atomic mass is 14.9. The second kappa shape index (κ2) is 5.06. The molecule has 0 spiro atoms. The van der Waals surface area contributed by atoms with Crippen molar-refractivity contribution in [1.29, 1.82) is 0 Å². The Bertz CT molecular complexity index is 674. The lowest BCUT2D eigenvalue weighted by Crippen LogP contribution is -2.07. The van der Waals surface area contributed by atoms with E-state index in [-0.39, 0.29) is 6.04 Å². The van der Waals surface area contributed by atoms with Gasteiger partial charge in [0.05, 0.1) is 11.6 Å². The van der Waals surface area contributed by atoms with E-state index in [1.54, 1.807) is 6.20 Å². The first-order chi connectivity index (χ1) is 9.34. The van der Waals surface area contributed by atoms with Crippen molar-refractivity contribution < 1.29 is 0 Å². The summed E-state index contributed by atoms with van der Waals surface area (Å²) in [7, 11) is 0. The number of hydrogen-bond acceptors (Lipinski definition) is 3. The summed E-state index contributed by atoms with van der Waals surface area (Å²) in [4.78, 5) is 8.53. The van der Waals surface area contributed by atoms with Gasteiger partial charge in [0.25, 0.3) is 0 Å². The fourth-order valence-electron chi connectivity index (χ4n) is 2.18. The lowest BCUT2D eigenvalue weighted by Gasteiger charge is -2.16. The van der Waals surface area contributed by atoms with Crippen LogP contribution in [0.5, 0.6) is 0 Å². The predicted octanol–water partition coefficient (Wildman–Crippen LogP) is 3.80. The van der Waals surface area contributed by atoms with Crippen LogP contribution in [-0.4, -0.2) is 9.97 Å². The Morgan fingerprint density at radius 2 is 1.89 bits per heavy atom. The quantitative estimate of drug-likeness (QED) is 0.767. The standard InChI is InChI=1S/C16H15N3/c1-12(13-5-3-9-17-11-13)19-16-8-2-7-15-14(16)6-4-10-18-15/h2-12,19H,1H3. The Kier molecular flexibility index (Phi) is 3.11. The van der Waals surface area contributed by atoms with E-state index >= 15 is 0 Å². The number of pyridine rings is 2. The topological polar surface area (TPSA) is 37.8 Å². The molecular weight excluding hydrogens is 234 g/mol. The van der Waals surface area contributed by atoms with Crippen molar-refractivity contribution in [2.75, 3.05) is 5.32 Å². The SMILES string of the molecule is CC(Nc1cccc2ncccc12)c1cccnc1. The summed E-state index contributed by atoms with van der Waals surface area (Å²) in [6, 6.07) is 14.4. The number of rotatable bonds is 3. The minimum atomic E-state index is 0.208. The van der Waals surface area contributed by atoms with Gasteiger partial charge in [-0.15, -0.1) is 0 Å². The zero-order valence-electron chi connectivity index (χ0n) is 10.7. The van der Waals surface area contributed by atoms with E-state index in [0.717, 1.165) is 16.6 Å². The Morgan fingerprint density at radius 1 is 1.00 bits per heavy atom. The Labute approximate surface area is 112 Å². The zero-order valence-corrected chi connectivity index (χ0v) is 10.7. The van der Waals surface area contributed by atoms with Crippen molar-refractivity contribution in [1.82, 2.24) is 9.97 Å². The summed E-state index contributed by atoms with van der Waals surface area (Å²) in [5, 5.41) is 4.66. The second-order valence-electron chi connectivity index (χ2n) is 4.53. The van der Waals surface area contributed by atoms with E-state index in [0.29, 0.717) is 0 Å². The predicted molar refractivity (Wildman–Crippen MR) is 78.0 cm³/mol. The maximum atomic E-state index is 4.37. The fourth-order valence-corrected chi connectivity index (χ4v) is 2.18. The molecule has 0 saturated carbocycles. The fraction of sp³-hybridized carbons (Fsp3) is 0.125. The molecule has 0 aliphatic rings. The van der Waals surface area contributed by atoms with Gasteiger partial charge in [-0.1, -0.05) is 12.1 Å². The van der Waals surface area contributed by atoms with Crippen molar-refractivity contribution in [3.8, 4) is 0 Å². The molecule has 3 rings (SSSR count). The van der Waals surface area contributed by atoms with Crippen molar-refractivity contribution in [2.45, 2.75) is 13.0 Å². The van der Waals surface area contributed by atoms with E-state index in [1.807, 2.05) is 36.7 Å². The van der Waals surface area contributed by atoms with Gasteiger partial charge < -0.3 is 5.32 Å². The largest absolute Gasteiger partial charge is 0.378 e. The van der Waals surface area contributed by atoms with Crippen LogP contribution in [0, 0.1) is 0 Å². The van der Waals surface area contributed by atoms with Crippen LogP contribution in [0.25, 0.3) is 10.9 Å². The smallest absolute Gasteiger partial charge is 0.0722 e. The van der Waals surface area contributed by atoms with E-state index in [4.69, 9.17) is 0 Å². The van der Waals surface area contributed by atoms with Crippen molar-refractivity contribution >= 4 is 16.6 Å². The molecule has 0 aliphatic carbocycles. The maximum Gasteiger partial charge on any atom is 0.0722 e. The highest BCUT2D eigenvalue weighted by Gasteiger charge is 2.07. The molecule has 0 saturated heterocycles. The first-order valence-electron chi connectivity index (χ1n) is 6.35. The third-order valence-corrected chi connectivity index (χ3v) is 3.20. The van der Waals surface area contributed by atoms with Crippen LogP contribution in [0.2, 0.25) is 0 Å². The van der Waals surface area contributed by atoms with Crippen molar-refractivity contribution in [2.24, 2.45) is 0 Å². The van der Waals surface area contributed by atoms with Gasteiger partial charge in [-0.3, -0.25) is 9.97 Å². The molecule has 1 unspecified atom stereocenters. The first kappa shape index (κ1) is 11.7. The Balaban J connectivity index is 1.94. The van der Waals surface area contributed by atoms with E-state index in [9.17, 15) is 0 Å². The van der Waals surface area contributed by atoms with Crippen LogP contribution < -0.4 is 5.32 Å². The highest BCUT2D eigenvalue weighted by Crippen LogP contribution is 2.25. The van der Waals surface area contributed by atoms with Crippen LogP contribution in [-0.2, 0) is 0 Å². The lowest BCUT2D eigenvalue weighted by molar-refractivity contribution is 0.877. The van der Waals surface area contributed by atoms with Crippen LogP contribution in [0.1, 0.15) is 18.5 Å².